The highest BCUT2D eigenvalue weighted by Crippen LogP contribution is 2.19. The highest BCUT2D eigenvalue weighted by atomic mass is 35.5. The summed E-state index contributed by atoms with van der Waals surface area (Å²) in [5, 5.41) is 0.681. The van der Waals surface area contributed by atoms with Gasteiger partial charge in [0, 0.05) is 24.7 Å². The first-order chi connectivity index (χ1) is 9.74. The molecular formula is C14H16ClN3O2. The van der Waals surface area contributed by atoms with E-state index in [0.717, 1.165) is 24.5 Å². The highest BCUT2D eigenvalue weighted by Gasteiger charge is 2.28. The summed E-state index contributed by atoms with van der Waals surface area (Å²) >= 11 is 6.13. The Morgan fingerprint density at radius 3 is 2.75 bits per heavy atom. The molecule has 1 aromatic rings. The van der Waals surface area contributed by atoms with Crippen molar-refractivity contribution in [2.45, 2.75) is 6.54 Å². The maximum absolute atomic E-state index is 12.0. The fourth-order valence-corrected chi connectivity index (χ4v) is 2.60. The van der Waals surface area contributed by atoms with Gasteiger partial charge in [-0.25, -0.2) is 4.79 Å². The first-order valence-corrected chi connectivity index (χ1v) is 7.04. The lowest BCUT2D eigenvalue weighted by molar-refractivity contribution is 0.0673. The highest BCUT2D eigenvalue weighted by molar-refractivity contribution is 6.31. The number of morpholine rings is 1. The molecule has 0 unspecified atom stereocenters. The second-order valence-corrected chi connectivity index (χ2v) is 5.26. The van der Waals surface area contributed by atoms with Gasteiger partial charge in [-0.2, -0.15) is 4.99 Å². The van der Waals surface area contributed by atoms with Crippen LogP contribution in [0, 0.1) is 0 Å². The minimum atomic E-state index is -0.189. The quantitative estimate of drug-likeness (QED) is 0.838. The van der Waals surface area contributed by atoms with Crippen LogP contribution in [0.15, 0.2) is 29.3 Å². The van der Waals surface area contributed by atoms with E-state index in [2.05, 4.69) is 9.89 Å². The van der Waals surface area contributed by atoms with Crippen molar-refractivity contribution in [2.75, 3.05) is 32.8 Å². The maximum Gasteiger partial charge on any atom is 0.345 e. The third-order valence-electron chi connectivity index (χ3n) is 3.52. The van der Waals surface area contributed by atoms with Crippen molar-refractivity contribution in [3.05, 3.63) is 34.9 Å². The second kappa shape index (κ2) is 5.81. The monoisotopic (exact) mass is 293 g/mol. The number of benzene rings is 1. The van der Waals surface area contributed by atoms with Crippen molar-refractivity contribution in [2.24, 2.45) is 4.99 Å². The average Bonchev–Trinajstić information content (AvgIpc) is 2.84. The number of halogens is 1. The zero-order chi connectivity index (χ0) is 13.9. The Kier molecular flexibility index (Phi) is 3.89. The van der Waals surface area contributed by atoms with Gasteiger partial charge < -0.3 is 14.5 Å². The van der Waals surface area contributed by atoms with E-state index in [1.54, 1.807) is 4.90 Å². The number of nitrogens with zero attached hydrogens (tertiary/aromatic N) is 3. The van der Waals surface area contributed by atoms with Gasteiger partial charge in [0.1, 0.15) is 5.84 Å². The number of carbonyl (C=O) groups is 1. The van der Waals surface area contributed by atoms with E-state index in [1.807, 2.05) is 24.3 Å². The summed E-state index contributed by atoms with van der Waals surface area (Å²) in [5.41, 5.74) is 0.945. The summed E-state index contributed by atoms with van der Waals surface area (Å²) in [4.78, 5) is 20.0. The number of amides is 2. The molecule has 2 aliphatic rings. The van der Waals surface area contributed by atoms with E-state index >= 15 is 0 Å². The van der Waals surface area contributed by atoms with Crippen LogP contribution in [0.2, 0.25) is 5.02 Å². The molecule has 2 aliphatic heterocycles. The lowest BCUT2D eigenvalue weighted by atomic mass is 10.2. The van der Waals surface area contributed by atoms with Gasteiger partial charge in [-0.05, 0) is 11.6 Å². The number of urea groups is 1. The average molecular weight is 294 g/mol. The predicted octanol–water partition coefficient (Wildman–Crippen LogP) is 2.01. The minimum Gasteiger partial charge on any atom is -0.378 e. The second-order valence-electron chi connectivity index (χ2n) is 4.86. The number of ether oxygens (including phenoxy) is 1. The van der Waals surface area contributed by atoms with Gasteiger partial charge in [-0.15, -0.1) is 0 Å². The van der Waals surface area contributed by atoms with Crippen LogP contribution in [0.4, 0.5) is 4.79 Å². The van der Waals surface area contributed by atoms with Crippen molar-refractivity contribution in [1.29, 1.82) is 0 Å². The van der Waals surface area contributed by atoms with E-state index < -0.39 is 0 Å². The summed E-state index contributed by atoms with van der Waals surface area (Å²) in [6.07, 6.45) is 0. The molecular weight excluding hydrogens is 278 g/mol. The van der Waals surface area contributed by atoms with Gasteiger partial charge in [0.2, 0.25) is 0 Å². The van der Waals surface area contributed by atoms with Gasteiger partial charge in [-0.3, -0.25) is 0 Å². The van der Waals surface area contributed by atoms with E-state index in [9.17, 15) is 4.79 Å². The van der Waals surface area contributed by atoms with Crippen molar-refractivity contribution >= 4 is 23.5 Å². The maximum atomic E-state index is 12.0. The van der Waals surface area contributed by atoms with Crippen LogP contribution in [0.25, 0.3) is 0 Å². The van der Waals surface area contributed by atoms with Gasteiger partial charge in [0.25, 0.3) is 0 Å². The predicted molar refractivity (Wildman–Crippen MR) is 77.1 cm³/mol. The molecule has 2 amide bonds. The van der Waals surface area contributed by atoms with Crippen LogP contribution < -0.4 is 0 Å². The molecule has 1 fully saturated rings. The standard InChI is InChI=1S/C14H16ClN3O2/c15-12-4-2-1-3-11(12)9-18-10-13(16-14(18)19)17-5-7-20-8-6-17/h1-4H,5-10H2. The molecule has 20 heavy (non-hydrogen) atoms. The summed E-state index contributed by atoms with van der Waals surface area (Å²) in [5.74, 6) is 0.838. The number of aliphatic imine (C=N–C) groups is 1. The van der Waals surface area contributed by atoms with E-state index in [-0.39, 0.29) is 6.03 Å². The fraction of sp³-hybridized carbons (Fsp3) is 0.429. The molecule has 106 valence electrons. The Balaban J connectivity index is 1.66. The van der Waals surface area contributed by atoms with Gasteiger partial charge in [0.15, 0.2) is 0 Å². The third-order valence-corrected chi connectivity index (χ3v) is 3.89. The molecule has 0 spiro atoms. The largest absolute Gasteiger partial charge is 0.378 e. The Morgan fingerprint density at radius 1 is 1.25 bits per heavy atom. The number of carbonyl (C=O) groups excluding carboxylic acids is 1. The van der Waals surface area contributed by atoms with Gasteiger partial charge in [0.05, 0.1) is 19.8 Å². The van der Waals surface area contributed by atoms with Crippen molar-refractivity contribution in [3.8, 4) is 0 Å². The molecule has 0 aliphatic carbocycles. The number of hydrogen-bond donors (Lipinski definition) is 0. The Morgan fingerprint density at radius 2 is 2.00 bits per heavy atom. The molecule has 1 saturated heterocycles. The Hall–Kier alpha value is -1.59. The van der Waals surface area contributed by atoms with Crippen LogP contribution in [-0.2, 0) is 11.3 Å². The van der Waals surface area contributed by atoms with E-state index in [1.165, 1.54) is 0 Å². The molecule has 6 heteroatoms. The summed E-state index contributed by atoms with van der Waals surface area (Å²) < 4.78 is 5.31. The van der Waals surface area contributed by atoms with Crippen molar-refractivity contribution in [3.63, 3.8) is 0 Å². The Bertz CT molecular complexity index is 541. The van der Waals surface area contributed by atoms with Crippen LogP contribution in [-0.4, -0.2) is 54.5 Å². The zero-order valence-corrected chi connectivity index (χ0v) is 11.8. The number of hydrogen-bond acceptors (Lipinski definition) is 3. The third kappa shape index (κ3) is 2.78. The van der Waals surface area contributed by atoms with Crippen LogP contribution in [0.5, 0.6) is 0 Å². The van der Waals surface area contributed by atoms with E-state index in [4.69, 9.17) is 16.3 Å². The topological polar surface area (TPSA) is 45.1 Å². The summed E-state index contributed by atoms with van der Waals surface area (Å²) in [6, 6.07) is 7.38. The fourth-order valence-electron chi connectivity index (χ4n) is 2.40. The molecule has 1 aromatic carbocycles. The molecule has 0 radical (unpaired) electrons. The molecule has 0 aromatic heterocycles. The SMILES string of the molecule is O=C1N=C(N2CCOCC2)CN1Cc1ccccc1Cl. The Labute approximate surface area is 122 Å². The van der Waals surface area contributed by atoms with Crippen LogP contribution in [0.3, 0.4) is 0 Å². The molecule has 0 atom stereocenters. The minimum absolute atomic E-state index is 0.189. The smallest absolute Gasteiger partial charge is 0.345 e. The van der Waals surface area contributed by atoms with Gasteiger partial charge >= 0.3 is 6.03 Å². The molecule has 0 bridgehead atoms. The molecule has 2 heterocycles. The van der Waals surface area contributed by atoms with Crippen molar-refractivity contribution in [1.82, 2.24) is 9.80 Å². The first-order valence-electron chi connectivity index (χ1n) is 6.66. The number of rotatable bonds is 2. The first kappa shape index (κ1) is 13.4. The van der Waals surface area contributed by atoms with Gasteiger partial charge in [-0.1, -0.05) is 29.8 Å². The number of amidine groups is 1. The molecule has 0 saturated carbocycles. The normalized spacial score (nSPS) is 19.4. The molecule has 0 N–H and O–H groups in total. The van der Waals surface area contributed by atoms with Crippen LogP contribution in [0.1, 0.15) is 5.56 Å². The van der Waals surface area contributed by atoms with E-state index in [0.29, 0.717) is 31.3 Å². The van der Waals surface area contributed by atoms with Crippen LogP contribution >= 0.6 is 11.6 Å². The zero-order valence-electron chi connectivity index (χ0n) is 11.1. The summed E-state index contributed by atoms with van der Waals surface area (Å²) in [7, 11) is 0. The molecule has 5 nitrogen and oxygen atoms in total. The lowest BCUT2D eigenvalue weighted by Crippen LogP contribution is -2.42. The van der Waals surface area contributed by atoms with Crippen molar-refractivity contribution < 1.29 is 9.53 Å². The summed E-state index contributed by atoms with van der Waals surface area (Å²) in [6.45, 7) is 4.02. The molecule has 3 rings (SSSR count). The lowest BCUT2D eigenvalue weighted by Gasteiger charge is -2.28.